The maximum absolute atomic E-state index is 15.0. The van der Waals surface area contributed by atoms with Gasteiger partial charge in [-0.25, -0.2) is 23.5 Å². The van der Waals surface area contributed by atoms with Gasteiger partial charge in [-0.2, -0.15) is 0 Å². The zero-order valence-corrected chi connectivity index (χ0v) is 18.3. The summed E-state index contributed by atoms with van der Waals surface area (Å²) in [5.41, 5.74) is 2.28. The molecule has 1 unspecified atom stereocenters. The van der Waals surface area contributed by atoms with E-state index in [0.29, 0.717) is 29.4 Å². The molecule has 32 heavy (non-hydrogen) atoms. The summed E-state index contributed by atoms with van der Waals surface area (Å²) in [4.78, 5) is 36.2. The summed E-state index contributed by atoms with van der Waals surface area (Å²) in [6.45, 7) is 1.82. The van der Waals surface area contributed by atoms with Gasteiger partial charge in [0.1, 0.15) is 22.5 Å². The number of aromatic nitrogens is 2. The third-order valence-corrected chi connectivity index (χ3v) is 5.85. The molecule has 1 aromatic carbocycles. The van der Waals surface area contributed by atoms with Crippen LogP contribution in [0.5, 0.6) is 0 Å². The first kappa shape index (κ1) is 23.5. The van der Waals surface area contributed by atoms with Crippen LogP contribution in [0, 0.1) is 11.6 Å². The van der Waals surface area contributed by atoms with Crippen LogP contribution in [-0.4, -0.2) is 38.7 Å². The molecule has 0 bridgehead atoms. The van der Waals surface area contributed by atoms with Crippen molar-refractivity contribution >= 4 is 39.4 Å². The summed E-state index contributed by atoms with van der Waals surface area (Å²) in [5.74, 6) is -3.08. The molecule has 0 fully saturated rings. The number of aromatic amines is 1. The van der Waals surface area contributed by atoms with Crippen molar-refractivity contribution in [2.45, 2.75) is 26.2 Å². The number of hydrogen-bond acceptors (Lipinski definition) is 5. The molecule has 8 nitrogen and oxygen atoms in total. The molecule has 1 amide bonds. The van der Waals surface area contributed by atoms with Crippen LogP contribution in [-0.2, 0) is 27.0 Å². The first-order chi connectivity index (χ1) is 15.3. The smallest absolute Gasteiger partial charge is 0.243 e. The molecule has 1 atom stereocenters. The van der Waals surface area contributed by atoms with Gasteiger partial charge in [-0.3, -0.25) is 14.4 Å². The lowest BCUT2D eigenvalue weighted by atomic mass is 10.0. The Morgan fingerprint density at radius 2 is 2.06 bits per heavy atom. The molecule has 2 heterocycles. The van der Waals surface area contributed by atoms with Gasteiger partial charge in [-0.05, 0) is 36.6 Å². The van der Waals surface area contributed by atoms with E-state index in [1.54, 1.807) is 12.3 Å². The Balaban J connectivity index is 1.93. The van der Waals surface area contributed by atoms with Crippen molar-refractivity contribution in [1.29, 1.82) is 0 Å². The van der Waals surface area contributed by atoms with Crippen LogP contribution in [0.4, 0.5) is 14.5 Å². The molecule has 0 spiro atoms. The number of hydroxylamine groups is 1. The molecular formula is C21H22F2N4O4S. The number of pyridine rings is 1. The minimum atomic E-state index is -1.56. The lowest BCUT2D eigenvalue weighted by molar-refractivity contribution is -0.131. The molecule has 0 saturated heterocycles. The Bertz CT molecular complexity index is 1180. The summed E-state index contributed by atoms with van der Waals surface area (Å²) in [6.07, 6.45) is 3.92. The molecule has 11 heteroatoms. The zero-order valence-electron chi connectivity index (χ0n) is 17.5. The minimum Gasteiger partial charge on any atom is -0.345 e. The number of nitrogens with zero attached hydrogens (tertiary/aromatic N) is 1. The molecule has 0 radical (unpaired) electrons. The number of ketones is 1. The highest BCUT2D eigenvalue weighted by Gasteiger charge is 2.25. The van der Waals surface area contributed by atoms with Gasteiger partial charge in [-0.15, -0.1) is 0 Å². The van der Waals surface area contributed by atoms with Gasteiger partial charge < -0.3 is 9.71 Å². The Labute approximate surface area is 185 Å². The predicted molar refractivity (Wildman–Crippen MR) is 116 cm³/mol. The SMILES string of the molecule is CCCS(=O)Nc1ccc(F)c(C(=O)c2c[nH]c3ncc(CCC(=O)NOC)cc23)c1F. The van der Waals surface area contributed by atoms with E-state index in [2.05, 4.69) is 25.0 Å². The van der Waals surface area contributed by atoms with Crippen molar-refractivity contribution in [3.63, 3.8) is 0 Å². The first-order valence-electron chi connectivity index (χ1n) is 9.81. The van der Waals surface area contributed by atoms with Gasteiger partial charge in [-0.1, -0.05) is 6.92 Å². The van der Waals surface area contributed by atoms with Gasteiger partial charge in [0.2, 0.25) is 11.7 Å². The fourth-order valence-corrected chi connectivity index (χ4v) is 4.00. The van der Waals surface area contributed by atoms with Crippen molar-refractivity contribution in [2.75, 3.05) is 17.6 Å². The molecule has 0 saturated carbocycles. The van der Waals surface area contributed by atoms with Crippen LogP contribution >= 0.6 is 0 Å². The second kappa shape index (κ2) is 10.4. The number of fused-ring (bicyclic) bond motifs is 1. The molecule has 0 aliphatic carbocycles. The van der Waals surface area contributed by atoms with Crippen molar-refractivity contribution in [2.24, 2.45) is 0 Å². The maximum Gasteiger partial charge on any atom is 0.243 e. The van der Waals surface area contributed by atoms with Crippen LogP contribution in [0.1, 0.15) is 41.3 Å². The van der Waals surface area contributed by atoms with Gasteiger partial charge in [0, 0.05) is 35.5 Å². The molecule has 0 aliphatic heterocycles. The maximum atomic E-state index is 15.0. The molecule has 0 aliphatic rings. The standard InChI is InChI=1S/C21H22F2N4O4S/c1-3-8-32(30)27-16-6-5-15(22)18(19(16)23)20(29)14-11-25-21-13(14)9-12(10-24-21)4-7-17(28)26-31-2/h5-6,9-11,27H,3-4,7-8H2,1-2H3,(H,24,25)(H,26,28). The Hall–Kier alpha value is -3.18. The number of H-pyrrole nitrogens is 1. The highest BCUT2D eigenvalue weighted by molar-refractivity contribution is 7.86. The lowest BCUT2D eigenvalue weighted by Gasteiger charge is -2.10. The number of rotatable bonds is 10. The molecule has 3 rings (SSSR count). The Morgan fingerprint density at radius 1 is 1.28 bits per heavy atom. The number of hydrogen-bond donors (Lipinski definition) is 3. The zero-order chi connectivity index (χ0) is 23.3. The number of benzene rings is 1. The fraction of sp³-hybridized carbons (Fsp3) is 0.286. The van der Waals surface area contributed by atoms with Crippen molar-refractivity contribution in [3.8, 4) is 0 Å². The number of anilines is 1. The molecule has 3 N–H and O–H groups in total. The van der Waals surface area contributed by atoms with E-state index in [1.165, 1.54) is 13.3 Å². The Morgan fingerprint density at radius 3 is 2.78 bits per heavy atom. The monoisotopic (exact) mass is 464 g/mol. The van der Waals surface area contributed by atoms with Gasteiger partial charge in [0.15, 0.2) is 5.82 Å². The lowest BCUT2D eigenvalue weighted by Crippen LogP contribution is -2.21. The number of amides is 1. The predicted octanol–water partition coefficient (Wildman–Crippen LogP) is 3.17. The number of aryl methyl sites for hydroxylation is 1. The van der Waals surface area contributed by atoms with E-state index >= 15 is 0 Å². The van der Waals surface area contributed by atoms with Crippen molar-refractivity contribution in [3.05, 3.63) is 58.9 Å². The topological polar surface area (TPSA) is 113 Å². The number of carbonyl (C=O) groups is 2. The normalized spacial score (nSPS) is 12.0. The van der Waals surface area contributed by atoms with E-state index in [0.717, 1.165) is 12.1 Å². The average Bonchev–Trinajstić information content (AvgIpc) is 3.18. The highest BCUT2D eigenvalue weighted by Crippen LogP contribution is 2.27. The van der Waals surface area contributed by atoms with Crippen molar-refractivity contribution in [1.82, 2.24) is 15.4 Å². The summed E-state index contributed by atoms with van der Waals surface area (Å²) >= 11 is 0. The van der Waals surface area contributed by atoms with Gasteiger partial charge >= 0.3 is 0 Å². The number of carbonyl (C=O) groups excluding carboxylic acids is 2. The van der Waals surface area contributed by atoms with E-state index in [9.17, 15) is 22.6 Å². The summed E-state index contributed by atoms with van der Waals surface area (Å²) in [5, 5.41) is 0.367. The fourth-order valence-electron chi connectivity index (χ4n) is 3.13. The van der Waals surface area contributed by atoms with Crippen molar-refractivity contribution < 1.29 is 27.4 Å². The van der Waals surface area contributed by atoms with Crippen LogP contribution in [0.15, 0.2) is 30.6 Å². The third-order valence-electron chi connectivity index (χ3n) is 4.62. The van der Waals surface area contributed by atoms with E-state index in [4.69, 9.17) is 0 Å². The largest absolute Gasteiger partial charge is 0.345 e. The summed E-state index contributed by atoms with van der Waals surface area (Å²) in [7, 11) is -0.234. The first-order valence-corrected chi connectivity index (χ1v) is 11.1. The van der Waals surface area contributed by atoms with Gasteiger partial charge in [0.25, 0.3) is 0 Å². The summed E-state index contributed by atoms with van der Waals surface area (Å²) in [6, 6.07) is 3.70. The van der Waals surface area contributed by atoms with Gasteiger partial charge in [0.05, 0.1) is 18.4 Å². The number of nitrogens with one attached hydrogen (secondary N) is 3. The highest BCUT2D eigenvalue weighted by atomic mass is 32.2. The minimum absolute atomic E-state index is 0.0281. The molecule has 3 aromatic rings. The van der Waals surface area contributed by atoms with E-state index < -0.39 is 34.0 Å². The molecular weight excluding hydrogens is 442 g/mol. The molecule has 170 valence electrons. The van der Waals surface area contributed by atoms with Crippen LogP contribution in [0.25, 0.3) is 11.0 Å². The van der Waals surface area contributed by atoms with Crippen LogP contribution < -0.4 is 10.2 Å². The molecule has 2 aromatic heterocycles. The Kier molecular flexibility index (Phi) is 7.65. The second-order valence-electron chi connectivity index (χ2n) is 6.94. The quantitative estimate of drug-likeness (QED) is 0.315. The second-order valence-corrected chi connectivity index (χ2v) is 8.24. The van der Waals surface area contributed by atoms with Crippen LogP contribution in [0.2, 0.25) is 0 Å². The van der Waals surface area contributed by atoms with E-state index in [1.807, 2.05) is 6.92 Å². The summed E-state index contributed by atoms with van der Waals surface area (Å²) < 4.78 is 43.9. The van der Waals surface area contributed by atoms with Crippen LogP contribution in [0.3, 0.4) is 0 Å². The van der Waals surface area contributed by atoms with E-state index in [-0.39, 0.29) is 29.3 Å². The third kappa shape index (κ3) is 5.17. The number of halogens is 2. The average molecular weight is 464 g/mol.